The molecule has 1 fully saturated rings. The molecule has 0 spiro atoms. The molecule has 6 nitrogen and oxygen atoms in total. The molecule has 5 aromatic rings. The average Bonchev–Trinajstić information content (AvgIpc) is 3.95. The summed E-state index contributed by atoms with van der Waals surface area (Å²) in [4.78, 5) is 43.3. The van der Waals surface area contributed by atoms with E-state index in [1.54, 1.807) is 11.0 Å². The molecular weight excluding hydrogens is 594 g/mol. The summed E-state index contributed by atoms with van der Waals surface area (Å²) in [7, 11) is 0. The molecule has 7 rings (SSSR count). The number of nitrogens with zero attached hydrogens (tertiary/aromatic N) is 1. The number of fused-ring (bicyclic) bond motifs is 4. The number of rotatable bonds is 11. The molecule has 0 bridgehead atoms. The van der Waals surface area contributed by atoms with Crippen LogP contribution in [0.1, 0.15) is 42.9 Å². The van der Waals surface area contributed by atoms with Gasteiger partial charge in [0.05, 0.1) is 24.1 Å². The van der Waals surface area contributed by atoms with E-state index in [4.69, 9.17) is 5.73 Å². The van der Waals surface area contributed by atoms with Crippen LogP contribution in [-0.2, 0) is 20.9 Å². The summed E-state index contributed by atoms with van der Waals surface area (Å²) >= 11 is 0. The Morgan fingerprint density at radius 2 is 1.52 bits per heavy atom. The van der Waals surface area contributed by atoms with Crippen molar-refractivity contribution in [2.45, 2.75) is 38.3 Å². The number of primary amides is 1. The third-order valence-corrected chi connectivity index (χ3v) is 9.80. The van der Waals surface area contributed by atoms with Gasteiger partial charge in [-0.15, -0.1) is 6.58 Å². The first-order valence-electron chi connectivity index (χ1n) is 16.7. The standard InChI is InChI=1S/C42H39N3O3/c1-2-10-36(40(43)46)37(24-27-19-20-27)41(47)44-39-35-17-6-5-15-33(35)34-16-7-8-18-38(34)45(42(39)48)26-28-11-9-14-30(23-28)32-22-21-29-12-3-4-13-31(29)25-32/h2-9,11-18,21-23,25,27,36-37,39H,1,10,19-20,24,26H2,(H2,43,46)(H,44,47)/t36-,37+,39-/m0/s1. The zero-order valence-corrected chi connectivity index (χ0v) is 26.8. The lowest BCUT2D eigenvalue weighted by Gasteiger charge is -2.29. The van der Waals surface area contributed by atoms with Gasteiger partial charge in [-0.1, -0.05) is 116 Å². The Balaban J connectivity index is 1.25. The normalized spacial score (nSPS) is 16.7. The van der Waals surface area contributed by atoms with Gasteiger partial charge < -0.3 is 16.0 Å². The van der Waals surface area contributed by atoms with Crippen LogP contribution < -0.4 is 16.0 Å². The van der Waals surface area contributed by atoms with Gasteiger partial charge >= 0.3 is 0 Å². The Kier molecular flexibility index (Phi) is 8.64. The van der Waals surface area contributed by atoms with Crippen LogP contribution in [0.2, 0.25) is 0 Å². The molecule has 2 aliphatic rings. The predicted octanol–water partition coefficient (Wildman–Crippen LogP) is 7.97. The largest absolute Gasteiger partial charge is 0.369 e. The SMILES string of the molecule is C=CC[C@H](C(N)=O)[C@@H](CC1CC1)C(=O)N[C@@H]1C(=O)N(Cc2cccc(-c3ccc4ccccc4c3)c2)c2ccccc2-c2ccccc21. The van der Waals surface area contributed by atoms with Crippen LogP contribution in [0.4, 0.5) is 5.69 Å². The molecule has 1 heterocycles. The molecule has 240 valence electrons. The van der Waals surface area contributed by atoms with Gasteiger partial charge in [-0.25, -0.2) is 0 Å². The molecular formula is C42H39N3O3. The van der Waals surface area contributed by atoms with E-state index < -0.39 is 23.8 Å². The first-order chi connectivity index (χ1) is 23.4. The summed E-state index contributed by atoms with van der Waals surface area (Å²) in [5.41, 5.74) is 12.2. The van der Waals surface area contributed by atoms with E-state index in [1.165, 1.54) is 10.8 Å². The fourth-order valence-corrected chi connectivity index (χ4v) is 7.12. The molecule has 1 aliphatic carbocycles. The fourth-order valence-electron chi connectivity index (χ4n) is 7.12. The molecule has 0 unspecified atom stereocenters. The number of amides is 3. The smallest absolute Gasteiger partial charge is 0.254 e. The number of carbonyl (C=O) groups excluding carboxylic acids is 3. The van der Waals surface area contributed by atoms with Crippen molar-refractivity contribution in [2.24, 2.45) is 23.5 Å². The van der Waals surface area contributed by atoms with Crippen molar-refractivity contribution in [2.75, 3.05) is 4.90 Å². The topological polar surface area (TPSA) is 92.5 Å². The molecule has 0 saturated heterocycles. The van der Waals surface area contributed by atoms with E-state index in [0.29, 0.717) is 25.3 Å². The molecule has 48 heavy (non-hydrogen) atoms. The van der Waals surface area contributed by atoms with Gasteiger partial charge in [0.2, 0.25) is 11.8 Å². The van der Waals surface area contributed by atoms with E-state index in [-0.39, 0.29) is 11.8 Å². The minimum Gasteiger partial charge on any atom is -0.369 e. The lowest BCUT2D eigenvalue weighted by atomic mass is 9.83. The summed E-state index contributed by atoms with van der Waals surface area (Å²) in [5.74, 6) is -2.05. The van der Waals surface area contributed by atoms with Gasteiger partial charge in [0, 0.05) is 5.56 Å². The van der Waals surface area contributed by atoms with Crippen molar-refractivity contribution in [1.29, 1.82) is 0 Å². The number of allylic oxidation sites excluding steroid dienone is 1. The van der Waals surface area contributed by atoms with Gasteiger partial charge in [0.15, 0.2) is 0 Å². The van der Waals surface area contributed by atoms with Crippen molar-refractivity contribution in [3.05, 3.63) is 139 Å². The highest BCUT2D eigenvalue weighted by molar-refractivity contribution is 6.06. The molecule has 3 atom stereocenters. The molecule has 0 aromatic heterocycles. The average molecular weight is 634 g/mol. The van der Waals surface area contributed by atoms with Crippen LogP contribution in [-0.4, -0.2) is 17.7 Å². The third-order valence-electron chi connectivity index (χ3n) is 9.80. The number of hydrogen-bond donors (Lipinski definition) is 2. The lowest BCUT2D eigenvalue weighted by molar-refractivity contribution is -0.135. The van der Waals surface area contributed by atoms with Crippen molar-refractivity contribution < 1.29 is 14.4 Å². The van der Waals surface area contributed by atoms with E-state index >= 15 is 0 Å². The van der Waals surface area contributed by atoms with Crippen LogP contribution in [0.25, 0.3) is 33.0 Å². The monoisotopic (exact) mass is 633 g/mol. The molecule has 1 aliphatic heterocycles. The van der Waals surface area contributed by atoms with Crippen LogP contribution in [0.3, 0.4) is 0 Å². The second-order valence-electron chi connectivity index (χ2n) is 13.1. The van der Waals surface area contributed by atoms with E-state index in [0.717, 1.165) is 51.9 Å². The van der Waals surface area contributed by atoms with Crippen LogP contribution >= 0.6 is 0 Å². The van der Waals surface area contributed by atoms with Crippen LogP contribution in [0, 0.1) is 17.8 Å². The summed E-state index contributed by atoms with van der Waals surface area (Å²) in [6.45, 7) is 4.11. The summed E-state index contributed by atoms with van der Waals surface area (Å²) in [6.07, 6.45) is 4.55. The minimum atomic E-state index is -0.955. The maximum atomic E-state index is 14.8. The van der Waals surface area contributed by atoms with Crippen molar-refractivity contribution >= 4 is 34.2 Å². The molecule has 6 heteroatoms. The number of hydrogen-bond acceptors (Lipinski definition) is 3. The second-order valence-corrected chi connectivity index (χ2v) is 13.1. The maximum Gasteiger partial charge on any atom is 0.254 e. The number of para-hydroxylation sites is 1. The van der Waals surface area contributed by atoms with Crippen LogP contribution in [0.5, 0.6) is 0 Å². The Morgan fingerprint density at radius 1 is 0.812 bits per heavy atom. The molecule has 5 aromatic carbocycles. The summed E-state index contributed by atoms with van der Waals surface area (Å²) < 4.78 is 0. The van der Waals surface area contributed by atoms with Crippen LogP contribution in [0.15, 0.2) is 128 Å². The summed E-state index contributed by atoms with van der Waals surface area (Å²) in [6, 6.07) is 37.7. The van der Waals surface area contributed by atoms with Gasteiger partial charge in [0.25, 0.3) is 5.91 Å². The zero-order valence-electron chi connectivity index (χ0n) is 26.8. The van der Waals surface area contributed by atoms with Gasteiger partial charge in [-0.05, 0) is 75.5 Å². The van der Waals surface area contributed by atoms with Gasteiger partial charge in [-0.2, -0.15) is 0 Å². The van der Waals surface area contributed by atoms with Crippen molar-refractivity contribution in [1.82, 2.24) is 5.32 Å². The number of benzene rings is 5. The van der Waals surface area contributed by atoms with E-state index in [2.05, 4.69) is 54.4 Å². The quantitative estimate of drug-likeness (QED) is 0.145. The number of anilines is 1. The highest BCUT2D eigenvalue weighted by atomic mass is 16.2. The summed E-state index contributed by atoms with van der Waals surface area (Å²) in [5, 5.41) is 5.47. The highest BCUT2D eigenvalue weighted by Gasteiger charge is 2.40. The lowest BCUT2D eigenvalue weighted by Crippen LogP contribution is -2.46. The Labute approximate surface area is 281 Å². The molecule has 3 amide bonds. The molecule has 1 saturated carbocycles. The zero-order chi connectivity index (χ0) is 33.2. The predicted molar refractivity (Wildman–Crippen MR) is 192 cm³/mol. The third kappa shape index (κ3) is 6.26. The Morgan fingerprint density at radius 3 is 2.29 bits per heavy atom. The molecule has 3 N–H and O–H groups in total. The first-order valence-corrected chi connectivity index (χ1v) is 16.7. The van der Waals surface area contributed by atoms with Gasteiger partial charge in [-0.3, -0.25) is 14.4 Å². The van der Waals surface area contributed by atoms with E-state index in [9.17, 15) is 14.4 Å². The Hall–Kier alpha value is -5.49. The number of nitrogens with one attached hydrogen (secondary N) is 1. The highest BCUT2D eigenvalue weighted by Crippen LogP contribution is 2.42. The van der Waals surface area contributed by atoms with E-state index in [1.807, 2.05) is 72.8 Å². The number of nitrogens with two attached hydrogens (primary N) is 1. The number of carbonyl (C=O) groups is 3. The second kappa shape index (κ2) is 13.3. The van der Waals surface area contributed by atoms with Crippen molar-refractivity contribution in [3.63, 3.8) is 0 Å². The Bertz CT molecular complexity index is 2030. The van der Waals surface area contributed by atoms with Crippen molar-refractivity contribution in [3.8, 4) is 22.3 Å². The first kappa shape index (κ1) is 31.1. The molecule has 0 radical (unpaired) electrons. The van der Waals surface area contributed by atoms with Gasteiger partial charge in [0.1, 0.15) is 6.04 Å². The fraction of sp³-hybridized carbons (Fsp3) is 0.214. The minimum absolute atomic E-state index is 0.235. The maximum absolute atomic E-state index is 14.8.